The molecule has 0 bridgehead atoms. The Bertz CT molecular complexity index is 967. The summed E-state index contributed by atoms with van der Waals surface area (Å²) in [5, 5.41) is 5.41. The van der Waals surface area contributed by atoms with E-state index in [2.05, 4.69) is 5.16 Å². The van der Waals surface area contributed by atoms with Gasteiger partial charge in [-0.3, -0.25) is 4.90 Å². The van der Waals surface area contributed by atoms with Crippen molar-refractivity contribution in [3.8, 4) is 5.88 Å². The quantitative estimate of drug-likeness (QED) is 0.672. The highest BCUT2D eigenvalue weighted by molar-refractivity contribution is 6.06. The van der Waals surface area contributed by atoms with Crippen molar-refractivity contribution < 1.29 is 23.6 Å². The van der Waals surface area contributed by atoms with Crippen LogP contribution < -0.4 is 9.64 Å². The summed E-state index contributed by atoms with van der Waals surface area (Å²) in [5.74, 6) is -0.418. The molecular weight excluding hydrogens is 336 g/mol. The van der Waals surface area contributed by atoms with Crippen molar-refractivity contribution >= 4 is 28.5 Å². The minimum atomic E-state index is -0.751. The maximum Gasteiger partial charge on any atom is 0.422 e. The van der Waals surface area contributed by atoms with Gasteiger partial charge in [-0.2, -0.15) is 0 Å². The van der Waals surface area contributed by atoms with Gasteiger partial charge in [-0.1, -0.05) is 36.4 Å². The van der Waals surface area contributed by atoms with E-state index in [1.807, 2.05) is 43.3 Å². The fourth-order valence-electron chi connectivity index (χ4n) is 3.17. The van der Waals surface area contributed by atoms with E-state index < -0.39 is 18.1 Å². The third-order valence-electron chi connectivity index (χ3n) is 4.37. The molecule has 1 aliphatic rings. The Kier molecular flexibility index (Phi) is 4.04. The van der Waals surface area contributed by atoms with Crippen molar-refractivity contribution in [3.63, 3.8) is 0 Å². The smallest absolute Gasteiger partial charge is 0.422 e. The molecule has 0 radical (unpaired) electrons. The molecule has 0 N–H and O–H groups in total. The standard InChI is InChI=1S/C19H16N2O5/c1-12-6-7-13-4-2-3-5-14(13)17(12)21(15-8-10-24-18(15)22)19(23)26-16-9-11-25-20-16/h2-7,9,11,15H,8,10H2,1H3. The molecule has 26 heavy (non-hydrogen) atoms. The minimum Gasteiger partial charge on any atom is -0.464 e. The summed E-state index contributed by atoms with van der Waals surface area (Å²) >= 11 is 0. The van der Waals surface area contributed by atoms with Crippen LogP contribution in [0.4, 0.5) is 10.5 Å². The summed E-state index contributed by atoms with van der Waals surface area (Å²) in [6.07, 6.45) is 0.997. The van der Waals surface area contributed by atoms with Crippen LogP contribution in [0.15, 0.2) is 53.3 Å². The zero-order valence-electron chi connectivity index (χ0n) is 14.0. The molecule has 1 unspecified atom stereocenters. The molecule has 1 saturated heterocycles. The molecule has 0 aliphatic carbocycles. The van der Waals surface area contributed by atoms with Crippen molar-refractivity contribution in [1.82, 2.24) is 5.16 Å². The topological polar surface area (TPSA) is 81.9 Å². The molecule has 1 aliphatic heterocycles. The molecule has 132 valence electrons. The predicted molar refractivity (Wildman–Crippen MR) is 93.1 cm³/mol. The zero-order valence-corrected chi connectivity index (χ0v) is 14.0. The van der Waals surface area contributed by atoms with Crippen molar-refractivity contribution in [1.29, 1.82) is 0 Å². The first-order chi connectivity index (χ1) is 12.6. The number of hydrogen-bond donors (Lipinski definition) is 0. The maximum absolute atomic E-state index is 13.0. The van der Waals surface area contributed by atoms with Crippen molar-refractivity contribution in [3.05, 3.63) is 54.3 Å². The first-order valence-corrected chi connectivity index (χ1v) is 8.21. The van der Waals surface area contributed by atoms with Gasteiger partial charge in [-0.05, 0) is 23.0 Å². The van der Waals surface area contributed by atoms with Crippen LogP contribution in [0.2, 0.25) is 0 Å². The molecule has 1 amide bonds. The molecule has 3 aromatic rings. The number of anilines is 1. The van der Waals surface area contributed by atoms with E-state index >= 15 is 0 Å². The monoisotopic (exact) mass is 352 g/mol. The number of aryl methyl sites for hydroxylation is 1. The molecule has 0 spiro atoms. The summed E-state index contributed by atoms with van der Waals surface area (Å²) in [6, 6.07) is 12.2. The Morgan fingerprint density at radius 3 is 2.81 bits per heavy atom. The molecule has 2 heterocycles. The van der Waals surface area contributed by atoms with Crippen LogP contribution in [-0.2, 0) is 9.53 Å². The minimum absolute atomic E-state index is 0.0317. The maximum atomic E-state index is 13.0. The van der Waals surface area contributed by atoms with E-state index in [9.17, 15) is 9.59 Å². The number of nitrogens with zero attached hydrogens (tertiary/aromatic N) is 2. The summed E-state index contributed by atoms with van der Waals surface area (Å²) in [5.41, 5.74) is 1.47. The summed E-state index contributed by atoms with van der Waals surface area (Å²) in [4.78, 5) is 26.6. The van der Waals surface area contributed by atoms with Crippen LogP contribution in [0.25, 0.3) is 10.8 Å². The predicted octanol–water partition coefficient (Wildman–Crippen LogP) is 3.46. The van der Waals surface area contributed by atoms with Gasteiger partial charge in [0.1, 0.15) is 12.3 Å². The van der Waals surface area contributed by atoms with E-state index in [1.54, 1.807) is 0 Å². The lowest BCUT2D eigenvalue weighted by atomic mass is 10.0. The number of carbonyl (C=O) groups is 2. The first kappa shape index (κ1) is 16.1. The largest absolute Gasteiger partial charge is 0.464 e. The number of amides is 1. The van der Waals surface area contributed by atoms with Gasteiger partial charge in [0.05, 0.1) is 12.3 Å². The van der Waals surface area contributed by atoms with E-state index in [-0.39, 0.29) is 12.5 Å². The van der Waals surface area contributed by atoms with Gasteiger partial charge in [-0.15, -0.1) is 0 Å². The number of rotatable bonds is 3. The second-order valence-electron chi connectivity index (χ2n) is 6.00. The number of cyclic esters (lactones) is 1. The normalized spacial score (nSPS) is 16.5. The van der Waals surface area contributed by atoms with Gasteiger partial charge in [0.15, 0.2) is 0 Å². The lowest BCUT2D eigenvalue weighted by Crippen LogP contribution is -2.45. The average molecular weight is 352 g/mol. The van der Waals surface area contributed by atoms with Gasteiger partial charge >= 0.3 is 12.1 Å². The Hall–Kier alpha value is -3.35. The Morgan fingerprint density at radius 1 is 1.23 bits per heavy atom. The number of carbonyl (C=O) groups excluding carboxylic acids is 2. The lowest BCUT2D eigenvalue weighted by molar-refractivity contribution is -0.139. The Labute approximate surface area is 149 Å². The fourth-order valence-corrected chi connectivity index (χ4v) is 3.17. The molecule has 1 fully saturated rings. The molecule has 7 heteroatoms. The van der Waals surface area contributed by atoms with E-state index in [0.717, 1.165) is 16.3 Å². The third-order valence-corrected chi connectivity index (χ3v) is 4.37. The number of esters is 1. The zero-order chi connectivity index (χ0) is 18.1. The van der Waals surface area contributed by atoms with E-state index in [1.165, 1.54) is 17.2 Å². The molecule has 1 atom stereocenters. The highest BCUT2D eigenvalue weighted by atomic mass is 16.6. The molecule has 1 aromatic heterocycles. The molecular formula is C19H16N2O5. The number of aromatic nitrogens is 1. The van der Waals surface area contributed by atoms with Gasteiger partial charge in [0.25, 0.3) is 5.88 Å². The van der Waals surface area contributed by atoms with Crippen molar-refractivity contribution in [2.75, 3.05) is 11.5 Å². The van der Waals surface area contributed by atoms with Gasteiger partial charge in [0.2, 0.25) is 0 Å². The summed E-state index contributed by atoms with van der Waals surface area (Å²) in [6.45, 7) is 2.15. The summed E-state index contributed by atoms with van der Waals surface area (Å²) < 4.78 is 15.1. The van der Waals surface area contributed by atoms with Crippen LogP contribution in [0.3, 0.4) is 0 Å². The van der Waals surface area contributed by atoms with Crippen LogP contribution in [-0.4, -0.2) is 29.9 Å². The molecule has 4 rings (SSSR count). The average Bonchev–Trinajstić information content (AvgIpc) is 3.29. The number of ether oxygens (including phenoxy) is 2. The van der Waals surface area contributed by atoms with Gasteiger partial charge in [0, 0.05) is 17.9 Å². The number of benzene rings is 2. The third kappa shape index (κ3) is 2.77. The Morgan fingerprint density at radius 2 is 2.08 bits per heavy atom. The SMILES string of the molecule is Cc1ccc2ccccc2c1N(C(=O)Oc1ccon1)C1CCOC1=O. The first-order valence-electron chi connectivity index (χ1n) is 8.21. The highest BCUT2D eigenvalue weighted by Crippen LogP contribution is 2.34. The second-order valence-corrected chi connectivity index (χ2v) is 6.00. The van der Waals surface area contributed by atoms with Crippen LogP contribution in [0.5, 0.6) is 5.88 Å². The molecule has 2 aromatic carbocycles. The number of fused-ring (bicyclic) bond motifs is 1. The van der Waals surface area contributed by atoms with E-state index in [4.69, 9.17) is 14.0 Å². The van der Waals surface area contributed by atoms with Crippen LogP contribution in [0, 0.1) is 6.92 Å². The fraction of sp³-hybridized carbons (Fsp3) is 0.211. The van der Waals surface area contributed by atoms with Gasteiger partial charge in [-0.25, -0.2) is 9.59 Å². The van der Waals surface area contributed by atoms with Crippen molar-refractivity contribution in [2.45, 2.75) is 19.4 Å². The molecule has 0 saturated carbocycles. The van der Waals surface area contributed by atoms with Crippen LogP contribution >= 0.6 is 0 Å². The molecule has 7 nitrogen and oxygen atoms in total. The lowest BCUT2D eigenvalue weighted by Gasteiger charge is -2.28. The highest BCUT2D eigenvalue weighted by Gasteiger charge is 2.39. The van der Waals surface area contributed by atoms with Crippen LogP contribution in [0.1, 0.15) is 12.0 Å². The Balaban J connectivity index is 1.84. The van der Waals surface area contributed by atoms with E-state index in [0.29, 0.717) is 12.1 Å². The second kappa shape index (κ2) is 6.51. The summed E-state index contributed by atoms with van der Waals surface area (Å²) in [7, 11) is 0. The van der Waals surface area contributed by atoms with Gasteiger partial charge < -0.3 is 14.0 Å². The van der Waals surface area contributed by atoms with Crippen molar-refractivity contribution in [2.24, 2.45) is 0 Å². The number of hydrogen-bond acceptors (Lipinski definition) is 6.